The van der Waals surface area contributed by atoms with Gasteiger partial charge >= 0.3 is 0 Å². The first-order valence-electron chi connectivity index (χ1n) is 7.23. The van der Waals surface area contributed by atoms with Crippen LogP contribution in [0.5, 0.6) is 0 Å². The Morgan fingerprint density at radius 1 is 1.24 bits per heavy atom. The van der Waals surface area contributed by atoms with Gasteiger partial charge in [0, 0.05) is 13.6 Å². The van der Waals surface area contributed by atoms with Crippen molar-refractivity contribution >= 4 is 11.8 Å². The van der Waals surface area contributed by atoms with Gasteiger partial charge in [0.15, 0.2) is 0 Å². The summed E-state index contributed by atoms with van der Waals surface area (Å²) in [5, 5.41) is 2.59. The first-order valence-corrected chi connectivity index (χ1v) is 7.23. The average molecular weight is 291 g/mol. The van der Waals surface area contributed by atoms with Gasteiger partial charge < -0.3 is 16.0 Å². The van der Waals surface area contributed by atoms with Crippen LogP contribution in [0, 0.1) is 5.92 Å². The summed E-state index contributed by atoms with van der Waals surface area (Å²) in [6.45, 7) is 4.36. The zero-order valence-electron chi connectivity index (χ0n) is 13.0. The summed E-state index contributed by atoms with van der Waals surface area (Å²) < 4.78 is 0. The molecule has 116 valence electrons. The molecule has 1 rings (SSSR count). The van der Waals surface area contributed by atoms with Gasteiger partial charge in [0.2, 0.25) is 11.8 Å². The van der Waals surface area contributed by atoms with Crippen molar-refractivity contribution in [1.82, 2.24) is 10.2 Å². The Labute approximate surface area is 126 Å². The van der Waals surface area contributed by atoms with Crippen LogP contribution in [0.15, 0.2) is 30.3 Å². The summed E-state index contributed by atoms with van der Waals surface area (Å²) in [6.07, 6.45) is 0.794. The molecule has 0 fully saturated rings. The highest BCUT2D eigenvalue weighted by Crippen LogP contribution is 2.01. The van der Waals surface area contributed by atoms with Crippen LogP contribution in [0.4, 0.5) is 0 Å². The molecular formula is C16H25N3O2. The number of likely N-dealkylation sites (N-methyl/N-ethyl adjacent to an activating group) is 1. The molecule has 5 heteroatoms. The van der Waals surface area contributed by atoms with Crippen LogP contribution in [0.3, 0.4) is 0 Å². The van der Waals surface area contributed by atoms with E-state index < -0.39 is 6.04 Å². The predicted octanol–water partition coefficient (Wildman–Crippen LogP) is 0.787. The van der Waals surface area contributed by atoms with Crippen molar-refractivity contribution in [2.45, 2.75) is 26.3 Å². The van der Waals surface area contributed by atoms with E-state index >= 15 is 0 Å². The summed E-state index contributed by atoms with van der Waals surface area (Å²) in [4.78, 5) is 25.2. The predicted molar refractivity (Wildman–Crippen MR) is 83.6 cm³/mol. The molecule has 21 heavy (non-hydrogen) atoms. The molecule has 0 aromatic heterocycles. The first kappa shape index (κ1) is 17.2. The molecule has 0 spiro atoms. The van der Waals surface area contributed by atoms with E-state index in [0.29, 0.717) is 6.54 Å². The molecule has 0 saturated heterocycles. The lowest BCUT2D eigenvalue weighted by atomic mass is 10.1. The zero-order valence-corrected chi connectivity index (χ0v) is 13.0. The quantitative estimate of drug-likeness (QED) is 0.780. The Morgan fingerprint density at radius 2 is 1.86 bits per heavy atom. The van der Waals surface area contributed by atoms with E-state index in [1.807, 2.05) is 44.2 Å². The third-order valence-electron chi connectivity index (χ3n) is 3.44. The van der Waals surface area contributed by atoms with Gasteiger partial charge in [-0.25, -0.2) is 0 Å². The number of hydrogen-bond acceptors (Lipinski definition) is 3. The van der Waals surface area contributed by atoms with E-state index in [1.54, 1.807) is 11.9 Å². The normalized spacial score (nSPS) is 12.0. The van der Waals surface area contributed by atoms with Crippen molar-refractivity contribution < 1.29 is 9.59 Å². The van der Waals surface area contributed by atoms with Gasteiger partial charge in [0.1, 0.15) is 0 Å². The Balaban J connectivity index is 2.33. The molecule has 0 aliphatic rings. The molecule has 0 bridgehead atoms. The van der Waals surface area contributed by atoms with Crippen LogP contribution in [-0.4, -0.2) is 42.9 Å². The smallest absolute Gasteiger partial charge is 0.241 e. The topological polar surface area (TPSA) is 75.4 Å². The summed E-state index contributed by atoms with van der Waals surface area (Å²) in [5.74, 6) is -0.346. The van der Waals surface area contributed by atoms with Gasteiger partial charge in [-0.2, -0.15) is 0 Å². The van der Waals surface area contributed by atoms with Crippen LogP contribution in [-0.2, 0) is 16.0 Å². The van der Waals surface area contributed by atoms with Crippen molar-refractivity contribution in [3.63, 3.8) is 0 Å². The molecule has 0 aliphatic heterocycles. The number of amides is 2. The Kier molecular flexibility index (Phi) is 6.88. The number of nitrogens with two attached hydrogens (primary N) is 1. The highest BCUT2D eigenvalue weighted by atomic mass is 16.2. The fourth-order valence-electron chi connectivity index (χ4n) is 1.78. The molecule has 0 radical (unpaired) electrons. The van der Waals surface area contributed by atoms with E-state index in [1.165, 1.54) is 5.56 Å². The molecule has 0 saturated carbocycles. The Morgan fingerprint density at radius 3 is 2.43 bits per heavy atom. The highest BCUT2D eigenvalue weighted by molar-refractivity contribution is 5.87. The summed E-state index contributed by atoms with van der Waals surface area (Å²) in [7, 11) is 1.74. The second kappa shape index (κ2) is 8.42. The van der Waals surface area contributed by atoms with Crippen molar-refractivity contribution in [2.75, 3.05) is 20.1 Å². The lowest BCUT2D eigenvalue weighted by Crippen LogP contribution is -2.47. The maximum Gasteiger partial charge on any atom is 0.241 e. The largest absolute Gasteiger partial charge is 0.346 e. The standard InChI is InChI=1S/C16H25N3O2/c1-12(2)15(17)16(21)18-11-14(20)19(3)10-9-13-7-5-4-6-8-13/h4-8,12,15H,9-11,17H2,1-3H3,(H,18,21)/t15-/m0/s1. The minimum absolute atomic E-state index is 0.00938. The number of carbonyl (C=O) groups is 2. The van der Waals surface area contributed by atoms with Crippen molar-refractivity contribution in [1.29, 1.82) is 0 Å². The van der Waals surface area contributed by atoms with Gasteiger partial charge in [-0.3, -0.25) is 9.59 Å². The Hall–Kier alpha value is -1.88. The van der Waals surface area contributed by atoms with E-state index in [-0.39, 0.29) is 24.3 Å². The van der Waals surface area contributed by atoms with Gasteiger partial charge in [-0.1, -0.05) is 44.2 Å². The van der Waals surface area contributed by atoms with Gasteiger partial charge in [-0.15, -0.1) is 0 Å². The fourth-order valence-corrected chi connectivity index (χ4v) is 1.78. The number of nitrogens with zero attached hydrogens (tertiary/aromatic N) is 1. The molecule has 5 nitrogen and oxygen atoms in total. The monoisotopic (exact) mass is 291 g/mol. The SMILES string of the molecule is CC(C)[C@H](N)C(=O)NCC(=O)N(C)CCc1ccccc1. The third kappa shape index (κ3) is 5.95. The third-order valence-corrected chi connectivity index (χ3v) is 3.44. The van der Waals surface area contributed by atoms with Gasteiger partial charge in [0.05, 0.1) is 12.6 Å². The molecule has 2 amide bonds. The van der Waals surface area contributed by atoms with E-state index in [0.717, 1.165) is 6.42 Å². The molecule has 1 aromatic rings. The number of nitrogens with one attached hydrogen (secondary N) is 1. The molecule has 3 N–H and O–H groups in total. The highest BCUT2D eigenvalue weighted by Gasteiger charge is 2.18. The summed E-state index contributed by atoms with van der Waals surface area (Å²) in [6, 6.07) is 9.40. The molecule has 0 aliphatic carbocycles. The van der Waals surface area contributed by atoms with Crippen LogP contribution < -0.4 is 11.1 Å². The first-order chi connectivity index (χ1) is 9.91. The molecular weight excluding hydrogens is 266 g/mol. The Bertz CT molecular complexity index is 460. The maximum atomic E-state index is 11.9. The second-order valence-electron chi connectivity index (χ2n) is 5.54. The minimum Gasteiger partial charge on any atom is -0.346 e. The molecule has 1 aromatic carbocycles. The van der Waals surface area contributed by atoms with Crippen molar-refractivity contribution in [2.24, 2.45) is 11.7 Å². The molecule has 1 atom stereocenters. The number of carbonyl (C=O) groups excluding carboxylic acids is 2. The summed E-state index contributed by atoms with van der Waals surface area (Å²) >= 11 is 0. The lowest BCUT2D eigenvalue weighted by Gasteiger charge is -2.19. The van der Waals surface area contributed by atoms with Crippen LogP contribution in [0.25, 0.3) is 0 Å². The van der Waals surface area contributed by atoms with Gasteiger partial charge in [-0.05, 0) is 17.9 Å². The summed E-state index contributed by atoms with van der Waals surface area (Å²) in [5.41, 5.74) is 6.90. The fraction of sp³-hybridized carbons (Fsp3) is 0.500. The number of benzene rings is 1. The average Bonchev–Trinajstić information content (AvgIpc) is 2.49. The van der Waals surface area contributed by atoms with Crippen LogP contribution in [0.2, 0.25) is 0 Å². The van der Waals surface area contributed by atoms with Crippen LogP contribution >= 0.6 is 0 Å². The second-order valence-corrected chi connectivity index (χ2v) is 5.54. The molecule has 0 heterocycles. The van der Waals surface area contributed by atoms with Crippen molar-refractivity contribution in [3.05, 3.63) is 35.9 Å². The minimum atomic E-state index is -0.576. The molecule has 0 unspecified atom stereocenters. The van der Waals surface area contributed by atoms with E-state index in [4.69, 9.17) is 5.73 Å². The van der Waals surface area contributed by atoms with Gasteiger partial charge in [0.25, 0.3) is 0 Å². The van der Waals surface area contributed by atoms with Crippen LogP contribution in [0.1, 0.15) is 19.4 Å². The lowest BCUT2D eigenvalue weighted by molar-refractivity contribution is -0.132. The van der Waals surface area contributed by atoms with Crippen molar-refractivity contribution in [3.8, 4) is 0 Å². The zero-order chi connectivity index (χ0) is 15.8. The van der Waals surface area contributed by atoms with E-state index in [2.05, 4.69) is 5.32 Å². The van der Waals surface area contributed by atoms with E-state index in [9.17, 15) is 9.59 Å². The maximum absolute atomic E-state index is 11.9. The number of rotatable bonds is 7. The number of hydrogen-bond donors (Lipinski definition) is 2.